The van der Waals surface area contributed by atoms with Crippen LogP contribution in [0.3, 0.4) is 0 Å². The van der Waals surface area contributed by atoms with E-state index in [0.717, 1.165) is 10.4 Å². The number of hydrogen-bond donors (Lipinski definition) is 4. The predicted molar refractivity (Wildman–Crippen MR) is 128 cm³/mol. The molecule has 2 saturated heterocycles. The van der Waals surface area contributed by atoms with Crippen LogP contribution >= 0.6 is 0 Å². The van der Waals surface area contributed by atoms with Gasteiger partial charge in [0.05, 0.1) is 18.0 Å². The van der Waals surface area contributed by atoms with Gasteiger partial charge in [-0.1, -0.05) is 30.3 Å². The highest BCUT2D eigenvalue weighted by Crippen LogP contribution is 2.29. The second-order valence-electron chi connectivity index (χ2n) is 8.95. The van der Waals surface area contributed by atoms with E-state index in [9.17, 15) is 33.9 Å². The summed E-state index contributed by atoms with van der Waals surface area (Å²) in [6.45, 7) is 0.187. The topological polar surface area (TPSA) is 173 Å². The first kappa shape index (κ1) is 25.6. The molecule has 0 bridgehead atoms. The van der Waals surface area contributed by atoms with Crippen LogP contribution < -0.4 is 10.6 Å². The molecule has 2 fully saturated rings. The van der Waals surface area contributed by atoms with E-state index < -0.39 is 54.1 Å². The van der Waals surface area contributed by atoms with Gasteiger partial charge in [-0.25, -0.2) is 5.01 Å². The number of carboxylic acid groups (broad SMARTS) is 1. The van der Waals surface area contributed by atoms with Crippen molar-refractivity contribution in [3.8, 4) is 5.75 Å². The third-order valence-electron chi connectivity index (χ3n) is 6.50. The zero-order chi connectivity index (χ0) is 26.7. The van der Waals surface area contributed by atoms with E-state index in [1.54, 1.807) is 30.3 Å². The molecule has 0 aromatic heterocycles. The van der Waals surface area contributed by atoms with E-state index in [2.05, 4.69) is 10.6 Å². The van der Waals surface area contributed by atoms with E-state index in [-0.39, 0.29) is 37.1 Å². The summed E-state index contributed by atoms with van der Waals surface area (Å²) in [7, 11) is 0. The number of nitrogens with zero attached hydrogens (tertiary/aromatic N) is 2. The molecule has 4 amide bonds. The maximum Gasteiger partial charge on any atom is 0.305 e. The minimum atomic E-state index is -1.30. The molecule has 2 heterocycles. The number of phenols is 1. The van der Waals surface area contributed by atoms with Crippen molar-refractivity contribution in [3.05, 3.63) is 42.0 Å². The Morgan fingerprint density at radius 1 is 1.11 bits per heavy atom. The average Bonchev–Trinajstić information content (AvgIpc) is 3.00. The van der Waals surface area contributed by atoms with Gasteiger partial charge in [-0.2, -0.15) is 0 Å². The number of carbonyl (C=O) groups excluding carboxylic acids is 5. The van der Waals surface area contributed by atoms with Gasteiger partial charge in [0.1, 0.15) is 24.1 Å². The lowest BCUT2D eigenvalue weighted by Crippen LogP contribution is -2.64. The molecule has 2 aromatic rings. The Morgan fingerprint density at radius 2 is 1.86 bits per heavy atom. The number of benzene rings is 2. The number of amides is 4. The second kappa shape index (κ2) is 10.6. The Labute approximate surface area is 211 Å². The van der Waals surface area contributed by atoms with Gasteiger partial charge in [0.25, 0.3) is 11.8 Å². The molecule has 4 rings (SSSR count). The highest BCUT2D eigenvalue weighted by molar-refractivity contribution is 6.05. The van der Waals surface area contributed by atoms with Crippen molar-refractivity contribution in [2.75, 3.05) is 6.54 Å². The normalized spacial score (nSPS) is 20.5. The van der Waals surface area contributed by atoms with Gasteiger partial charge in [0.2, 0.25) is 11.8 Å². The monoisotopic (exact) mass is 510 g/mol. The number of aromatic hydroxyl groups is 1. The number of hydrazine groups is 1. The molecule has 0 radical (unpaired) electrons. The molecule has 12 nitrogen and oxygen atoms in total. The highest BCUT2D eigenvalue weighted by atomic mass is 16.4. The smallest absolute Gasteiger partial charge is 0.305 e. The van der Waals surface area contributed by atoms with Crippen LogP contribution in [0.2, 0.25) is 0 Å². The van der Waals surface area contributed by atoms with Gasteiger partial charge in [-0.05, 0) is 30.7 Å². The maximum atomic E-state index is 13.5. The molecule has 194 valence electrons. The zero-order valence-electron chi connectivity index (χ0n) is 19.8. The largest absolute Gasteiger partial charge is 0.506 e. The Kier molecular flexibility index (Phi) is 7.37. The van der Waals surface area contributed by atoms with Crippen LogP contribution in [-0.4, -0.2) is 80.8 Å². The Balaban J connectivity index is 1.57. The summed E-state index contributed by atoms with van der Waals surface area (Å²) in [5, 5.41) is 27.9. The van der Waals surface area contributed by atoms with Crippen molar-refractivity contribution in [1.29, 1.82) is 0 Å². The predicted octanol–water partition coefficient (Wildman–Crippen LogP) is 0.331. The molecule has 0 aliphatic carbocycles. The van der Waals surface area contributed by atoms with Gasteiger partial charge < -0.3 is 25.6 Å². The minimum absolute atomic E-state index is 0.0188. The van der Waals surface area contributed by atoms with Crippen molar-refractivity contribution in [3.63, 3.8) is 0 Å². The quantitative estimate of drug-likeness (QED) is 0.386. The van der Waals surface area contributed by atoms with Gasteiger partial charge in [-0.3, -0.25) is 29.0 Å². The van der Waals surface area contributed by atoms with Crippen molar-refractivity contribution >= 4 is 46.7 Å². The standard InChI is InChI=1S/C25H26N4O8/c30-13-15(12-21(32)33)26-24(36)19-6-3-11-28-20(31)10-9-18(25(37)29(19)28)27-23(35)17-8-7-14-4-1-2-5-16(14)22(17)34/h1-2,4-5,7-8,13,15,18-19,34H,3,6,9-12H2,(H,26,36)(H,27,35)(H,32,33)/t15-,18-,19-/m0/s1. The maximum absolute atomic E-state index is 13.5. The lowest BCUT2D eigenvalue weighted by atomic mass is 10.0. The molecule has 0 saturated carbocycles. The summed E-state index contributed by atoms with van der Waals surface area (Å²) >= 11 is 0. The van der Waals surface area contributed by atoms with E-state index >= 15 is 0 Å². The van der Waals surface area contributed by atoms with E-state index in [1.165, 1.54) is 11.1 Å². The molecule has 2 aromatic carbocycles. The van der Waals surface area contributed by atoms with Crippen molar-refractivity contribution < 1.29 is 39.0 Å². The molecule has 37 heavy (non-hydrogen) atoms. The summed E-state index contributed by atoms with van der Waals surface area (Å²) in [6, 6.07) is 6.39. The van der Waals surface area contributed by atoms with Crippen molar-refractivity contribution in [2.24, 2.45) is 0 Å². The van der Waals surface area contributed by atoms with Crippen LogP contribution in [0.4, 0.5) is 0 Å². The summed E-state index contributed by atoms with van der Waals surface area (Å²) in [4.78, 5) is 74.6. The van der Waals surface area contributed by atoms with E-state index in [0.29, 0.717) is 18.1 Å². The molecule has 2 aliphatic rings. The summed E-state index contributed by atoms with van der Waals surface area (Å²) in [5.74, 6) is -4.13. The van der Waals surface area contributed by atoms with E-state index in [4.69, 9.17) is 5.11 Å². The number of aldehydes is 1. The molecule has 0 unspecified atom stereocenters. The Morgan fingerprint density at radius 3 is 2.59 bits per heavy atom. The van der Waals surface area contributed by atoms with Crippen LogP contribution in [0.1, 0.15) is 42.5 Å². The number of phenolic OH excluding ortho intramolecular Hbond substituents is 1. The van der Waals surface area contributed by atoms with Crippen LogP contribution in [0.15, 0.2) is 36.4 Å². The number of hydrogen-bond acceptors (Lipinski definition) is 7. The number of aliphatic carboxylic acids is 1. The Bertz CT molecular complexity index is 1280. The lowest BCUT2D eigenvalue weighted by Gasteiger charge is -2.43. The Hall–Kier alpha value is -4.48. The van der Waals surface area contributed by atoms with Crippen molar-refractivity contribution in [1.82, 2.24) is 20.7 Å². The van der Waals surface area contributed by atoms with Crippen LogP contribution in [0, 0.1) is 0 Å². The first-order valence-corrected chi connectivity index (χ1v) is 11.8. The number of nitrogens with one attached hydrogen (secondary N) is 2. The van der Waals surface area contributed by atoms with Gasteiger partial charge in [0, 0.05) is 18.4 Å². The summed E-state index contributed by atoms with van der Waals surface area (Å²) in [5.41, 5.74) is -0.0469. The van der Waals surface area contributed by atoms with Gasteiger partial charge in [0.15, 0.2) is 0 Å². The fourth-order valence-electron chi connectivity index (χ4n) is 4.68. The summed E-state index contributed by atoms with van der Waals surface area (Å²) in [6.07, 6.45) is 0.149. The van der Waals surface area contributed by atoms with Crippen LogP contribution in [0.5, 0.6) is 5.75 Å². The van der Waals surface area contributed by atoms with Crippen molar-refractivity contribution in [2.45, 2.75) is 50.2 Å². The fourth-order valence-corrected chi connectivity index (χ4v) is 4.68. The second-order valence-corrected chi connectivity index (χ2v) is 8.95. The molecular formula is C25H26N4O8. The number of fused-ring (bicyclic) bond motifs is 2. The number of carbonyl (C=O) groups is 6. The molecular weight excluding hydrogens is 484 g/mol. The number of carboxylic acids is 1. The van der Waals surface area contributed by atoms with E-state index in [1.807, 2.05) is 0 Å². The molecule has 4 N–H and O–H groups in total. The lowest BCUT2D eigenvalue weighted by molar-refractivity contribution is -0.176. The minimum Gasteiger partial charge on any atom is -0.506 e. The average molecular weight is 511 g/mol. The summed E-state index contributed by atoms with van der Waals surface area (Å²) < 4.78 is 0. The molecule has 12 heteroatoms. The molecule has 3 atom stereocenters. The SMILES string of the molecule is O=C[C@H](CC(=O)O)NC(=O)[C@@H]1CCCN2C(=O)CC[C@H](NC(=O)c3ccc4ccccc4c3O)C(=O)N12. The van der Waals surface area contributed by atoms with Crippen LogP contribution in [-0.2, 0) is 24.0 Å². The fraction of sp³-hybridized carbons (Fsp3) is 0.360. The third-order valence-corrected chi connectivity index (χ3v) is 6.50. The zero-order valence-corrected chi connectivity index (χ0v) is 19.8. The third kappa shape index (κ3) is 5.22. The number of rotatable bonds is 7. The van der Waals surface area contributed by atoms with Crippen LogP contribution in [0.25, 0.3) is 10.8 Å². The van der Waals surface area contributed by atoms with Gasteiger partial charge in [-0.15, -0.1) is 0 Å². The molecule has 2 aliphatic heterocycles. The van der Waals surface area contributed by atoms with Gasteiger partial charge >= 0.3 is 5.97 Å². The molecule has 0 spiro atoms. The highest BCUT2D eigenvalue weighted by Gasteiger charge is 2.45. The first-order valence-electron chi connectivity index (χ1n) is 11.8. The first-order chi connectivity index (χ1) is 17.7.